The lowest BCUT2D eigenvalue weighted by atomic mass is 9.75. The van der Waals surface area contributed by atoms with Crippen LogP contribution in [0.2, 0.25) is 0 Å². The highest BCUT2D eigenvalue weighted by Crippen LogP contribution is 2.36. The van der Waals surface area contributed by atoms with Gasteiger partial charge < -0.3 is 9.64 Å². The topological polar surface area (TPSA) is 29.5 Å². The zero-order chi connectivity index (χ0) is 15.3. The fraction of sp³-hybridized carbons (Fsp3) is 0.611. The molecule has 1 saturated heterocycles. The predicted octanol–water partition coefficient (Wildman–Crippen LogP) is 3.88. The first-order valence-electron chi connectivity index (χ1n) is 8.01. The molecule has 0 aromatic heterocycles. The summed E-state index contributed by atoms with van der Waals surface area (Å²) in [6, 6.07) is 7.81. The summed E-state index contributed by atoms with van der Waals surface area (Å²) < 4.78 is 5.15. The summed E-state index contributed by atoms with van der Waals surface area (Å²) in [5, 5.41) is 0. The Labute approximate surface area is 128 Å². The average Bonchev–Trinajstić information content (AvgIpc) is 2.54. The van der Waals surface area contributed by atoms with E-state index in [1.54, 1.807) is 7.11 Å². The van der Waals surface area contributed by atoms with Gasteiger partial charge in [0.1, 0.15) is 0 Å². The summed E-state index contributed by atoms with van der Waals surface area (Å²) in [5.74, 6) is 0.166. The predicted molar refractivity (Wildman–Crippen MR) is 85.3 cm³/mol. The molecular formula is C18H27NO2. The van der Waals surface area contributed by atoms with Crippen LogP contribution in [0.15, 0.2) is 24.3 Å². The van der Waals surface area contributed by atoms with E-state index in [9.17, 15) is 4.79 Å². The van der Waals surface area contributed by atoms with Crippen LogP contribution in [0.1, 0.15) is 55.5 Å². The van der Waals surface area contributed by atoms with Crippen molar-refractivity contribution in [2.45, 2.75) is 46.1 Å². The molecule has 116 valence electrons. The summed E-state index contributed by atoms with van der Waals surface area (Å²) in [4.78, 5) is 14.8. The standard InChI is InChI=1S/C18H27NO2/c1-4-18(5-2)10-7-11-19(14-18)17(20)16-9-6-8-15(12-16)13-21-3/h6,8-9,12H,4-5,7,10-11,13-14H2,1-3H3. The van der Waals surface area contributed by atoms with Gasteiger partial charge in [-0.25, -0.2) is 0 Å². The fourth-order valence-electron chi connectivity index (χ4n) is 3.35. The van der Waals surface area contributed by atoms with Crippen molar-refractivity contribution < 1.29 is 9.53 Å². The number of likely N-dealkylation sites (tertiary alicyclic amines) is 1. The van der Waals surface area contributed by atoms with E-state index in [4.69, 9.17) is 4.74 Å². The lowest BCUT2D eigenvalue weighted by Gasteiger charge is -2.42. The zero-order valence-corrected chi connectivity index (χ0v) is 13.5. The second-order valence-electron chi connectivity index (χ2n) is 6.17. The zero-order valence-electron chi connectivity index (χ0n) is 13.5. The van der Waals surface area contributed by atoms with Crippen molar-refractivity contribution >= 4 is 5.91 Å². The molecule has 0 aliphatic carbocycles. The average molecular weight is 289 g/mol. The first-order valence-corrected chi connectivity index (χ1v) is 8.01. The summed E-state index contributed by atoms with van der Waals surface area (Å²) >= 11 is 0. The Kier molecular flexibility index (Phi) is 5.40. The summed E-state index contributed by atoms with van der Waals surface area (Å²) in [6.07, 6.45) is 4.66. The number of hydrogen-bond donors (Lipinski definition) is 0. The Balaban J connectivity index is 2.14. The third-order valence-corrected chi connectivity index (χ3v) is 4.93. The van der Waals surface area contributed by atoms with Crippen LogP contribution in [0.25, 0.3) is 0 Å². The minimum absolute atomic E-state index is 0.166. The summed E-state index contributed by atoms with van der Waals surface area (Å²) in [7, 11) is 1.68. The van der Waals surface area contributed by atoms with Crippen molar-refractivity contribution in [3.63, 3.8) is 0 Å². The van der Waals surface area contributed by atoms with Crippen LogP contribution in [-0.2, 0) is 11.3 Å². The molecule has 2 rings (SSSR count). The van der Waals surface area contributed by atoms with Gasteiger partial charge in [-0.15, -0.1) is 0 Å². The number of benzene rings is 1. The Hall–Kier alpha value is -1.35. The molecule has 3 heteroatoms. The number of hydrogen-bond acceptors (Lipinski definition) is 2. The molecule has 0 atom stereocenters. The molecular weight excluding hydrogens is 262 g/mol. The van der Waals surface area contributed by atoms with E-state index in [-0.39, 0.29) is 5.91 Å². The van der Waals surface area contributed by atoms with Crippen molar-refractivity contribution in [1.29, 1.82) is 0 Å². The highest BCUT2D eigenvalue weighted by Gasteiger charge is 2.34. The quantitative estimate of drug-likeness (QED) is 0.823. The molecule has 1 aliphatic rings. The van der Waals surface area contributed by atoms with E-state index in [0.717, 1.165) is 43.5 Å². The smallest absolute Gasteiger partial charge is 0.253 e. The van der Waals surface area contributed by atoms with Crippen LogP contribution < -0.4 is 0 Å². The van der Waals surface area contributed by atoms with Gasteiger partial charge in [0.25, 0.3) is 5.91 Å². The molecule has 1 amide bonds. The van der Waals surface area contributed by atoms with Gasteiger partial charge in [0.15, 0.2) is 0 Å². The Bertz CT molecular complexity index is 480. The van der Waals surface area contributed by atoms with Gasteiger partial charge in [0, 0.05) is 25.8 Å². The van der Waals surface area contributed by atoms with E-state index in [1.165, 1.54) is 6.42 Å². The van der Waals surface area contributed by atoms with E-state index in [0.29, 0.717) is 12.0 Å². The van der Waals surface area contributed by atoms with Crippen molar-refractivity contribution in [2.75, 3.05) is 20.2 Å². The van der Waals surface area contributed by atoms with Gasteiger partial charge in [0.2, 0.25) is 0 Å². The maximum absolute atomic E-state index is 12.8. The van der Waals surface area contributed by atoms with Crippen LogP contribution in [-0.4, -0.2) is 31.0 Å². The highest BCUT2D eigenvalue weighted by molar-refractivity contribution is 5.94. The molecule has 1 aromatic carbocycles. The minimum Gasteiger partial charge on any atom is -0.380 e. The minimum atomic E-state index is 0.166. The second kappa shape index (κ2) is 7.08. The van der Waals surface area contributed by atoms with E-state index < -0.39 is 0 Å². The van der Waals surface area contributed by atoms with Crippen molar-refractivity contribution in [2.24, 2.45) is 5.41 Å². The third-order valence-electron chi connectivity index (χ3n) is 4.93. The first-order chi connectivity index (χ1) is 10.1. The molecule has 0 spiro atoms. The van der Waals surface area contributed by atoms with Crippen LogP contribution in [0, 0.1) is 5.41 Å². The third kappa shape index (κ3) is 3.65. The maximum Gasteiger partial charge on any atom is 0.253 e. The Morgan fingerprint density at radius 3 is 2.76 bits per heavy atom. The Morgan fingerprint density at radius 2 is 2.10 bits per heavy atom. The maximum atomic E-state index is 12.8. The normalized spacial score (nSPS) is 17.8. The molecule has 0 radical (unpaired) electrons. The number of ether oxygens (including phenoxy) is 1. The van der Waals surface area contributed by atoms with Gasteiger partial charge in [-0.2, -0.15) is 0 Å². The SMILES string of the molecule is CCC1(CC)CCCN(C(=O)c2cccc(COC)c2)C1. The molecule has 0 saturated carbocycles. The molecule has 1 heterocycles. The monoisotopic (exact) mass is 289 g/mol. The molecule has 1 aromatic rings. The van der Waals surface area contributed by atoms with E-state index in [2.05, 4.69) is 13.8 Å². The molecule has 0 bridgehead atoms. The van der Waals surface area contributed by atoms with Crippen LogP contribution in [0.4, 0.5) is 0 Å². The van der Waals surface area contributed by atoms with Crippen LogP contribution in [0.5, 0.6) is 0 Å². The lowest BCUT2D eigenvalue weighted by molar-refractivity contribution is 0.0487. The van der Waals surface area contributed by atoms with Gasteiger partial charge in [-0.05, 0) is 48.8 Å². The summed E-state index contributed by atoms with van der Waals surface area (Å²) in [5.41, 5.74) is 2.16. The number of rotatable bonds is 5. The molecule has 0 unspecified atom stereocenters. The molecule has 21 heavy (non-hydrogen) atoms. The number of methoxy groups -OCH3 is 1. The molecule has 3 nitrogen and oxygen atoms in total. The van der Waals surface area contributed by atoms with Gasteiger partial charge in [0.05, 0.1) is 6.61 Å². The second-order valence-corrected chi connectivity index (χ2v) is 6.17. The number of carbonyl (C=O) groups excluding carboxylic acids is 1. The first kappa shape index (κ1) is 16.0. The van der Waals surface area contributed by atoms with Crippen molar-refractivity contribution in [3.8, 4) is 0 Å². The van der Waals surface area contributed by atoms with Crippen molar-refractivity contribution in [1.82, 2.24) is 4.90 Å². The largest absolute Gasteiger partial charge is 0.380 e. The van der Waals surface area contributed by atoms with E-state index >= 15 is 0 Å². The highest BCUT2D eigenvalue weighted by atomic mass is 16.5. The van der Waals surface area contributed by atoms with E-state index in [1.807, 2.05) is 29.2 Å². The molecule has 0 N–H and O–H groups in total. The van der Waals surface area contributed by atoms with Crippen molar-refractivity contribution in [3.05, 3.63) is 35.4 Å². The lowest BCUT2D eigenvalue weighted by Crippen LogP contribution is -2.45. The van der Waals surface area contributed by atoms with Crippen LogP contribution >= 0.6 is 0 Å². The number of amides is 1. The van der Waals surface area contributed by atoms with Gasteiger partial charge in [-0.3, -0.25) is 4.79 Å². The number of carbonyl (C=O) groups is 1. The van der Waals surface area contributed by atoms with Gasteiger partial charge >= 0.3 is 0 Å². The molecule has 1 fully saturated rings. The Morgan fingerprint density at radius 1 is 1.33 bits per heavy atom. The van der Waals surface area contributed by atoms with Crippen LogP contribution in [0.3, 0.4) is 0 Å². The summed E-state index contributed by atoms with van der Waals surface area (Å²) in [6.45, 7) is 6.82. The number of nitrogens with zero attached hydrogens (tertiary/aromatic N) is 1. The fourth-order valence-corrected chi connectivity index (χ4v) is 3.35. The van der Waals surface area contributed by atoms with Gasteiger partial charge in [-0.1, -0.05) is 26.0 Å². The number of piperidine rings is 1. The molecule has 1 aliphatic heterocycles.